The Balaban J connectivity index is 1.29. The van der Waals surface area contributed by atoms with Crippen molar-refractivity contribution in [1.82, 2.24) is 5.32 Å². The molecule has 172 valence electrons. The SMILES string of the molecule is Cc1ccc(NS(=O)(=O)c2ccc(OCC(=O)NCc3ccc4c(c3)OCO4)cc2)cc1Cl. The van der Waals surface area contributed by atoms with Crippen LogP contribution in [0.1, 0.15) is 11.1 Å². The second-order valence-electron chi connectivity index (χ2n) is 7.29. The van der Waals surface area contributed by atoms with Gasteiger partial charge < -0.3 is 19.5 Å². The van der Waals surface area contributed by atoms with Crippen LogP contribution in [0.2, 0.25) is 5.02 Å². The minimum Gasteiger partial charge on any atom is -0.484 e. The second-order valence-corrected chi connectivity index (χ2v) is 9.38. The first-order chi connectivity index (χ1) is 15.8. The fourth-order valence-corrected chi connectivity index (χ4v) is 4.27. The number of aryl methyl sites for hydroxylation is 1. The average molecular weight is 489 g/mol. The van der Waals surface area contributed by atoms with Crippen LogP contribution in [0, 0.1) is 6.92 Å². The van der Waals surface area contributed by atoms with Crippen molar-refractivity contribution in [1.29, 1.82) is 0 Å². The van der Waals surface area contributed by atoms with Gasteiger partial charge in [0, 0.05) is 11.6 Å². The summed E-state index contributed by atoms with van der Waals surface area (Å²) in [4.78, 5) is 12.1. The highest BCUT2D eigenvalue weighted by Gasteiger charge is 2.16. The van der Waals surface area contributed by atoms with Gasteiger partial charge >= 0.3 is 0 Å². The van der Waals surface area contributed by atoms with Gasteiger partial charge in [-0.2, -0.15) is 0 Å². The van der Waals surface area contributed by atoms with Gasteiger partial charge in [0.25, 0.3) is 15.9 Å². The van der Waals surface area contributed by atoms with E-state index in [0.717, 1.165) is 11.1 Å². The average Bonchev–Trinajstić information content (AvgIpc) is 3.27. The maximum atomic E-state index is 12.6. The largest absolute Gasteiger partial charge is 0.484 e. The summed E-state index contributed by atoms with van der Waals surface area (Å²) in [5.74, 6) is 1.37. The Kier molecular flexibility index (Phi) is 6.62. The van der Waals surface area contributed by atoms with E-state index in [1.165, 1.54) is 24.3 Å². The molecule has 0 bridgehead atoms. The summed E-state index contributed by atoms with van der Waals surface area (Å²) in [7, 11) is -3.80. The lowest BCUT2D eigenvalue weighted by atomic mass is 10.2. The minimum absolute atomic E-state index is 0.0545. The van der Waals surface area contributed by atoms with Crippen LogP contribution < -0.4 is 24.2 Å². The van der Waals surface area contributed by atoms with E-state index < -0.39 is 10.0 Å². The molecule has 0 saturated heterocycles. The van der Waals surface area contributed by atoms with Crippen LogP contribution >= 0.6 is 11.6 Å². The van der Waals surface area contributed by atoms with Crippen LogP contribution in [0.5, 0.6) is 17.2 Å². The fourth-order valence-electron chi connectivity index (χ4n) is 3.04. The molecule has 2 N–H and O–H groups in total. The summed E-state index contributed by atoms with van der Waals surface area (Å²) >= 11 is 6.05. The molecule has 1 aliphatic rings. The van der Waals surface area contributed by atoms with E-state index in [0.29, 0.717) is 34.5 Å². The van der Waals surface area contributed by atoms with Crippen molar-refractivity contribution in [3.63, 3.8) is 0 Å². The highest BCUT2D eigenvalue weighted by atomic mass is 35.5. The molecule has 0 fully saturated rings. The van der Waals surface area contributed by atoms with E-state index in [1.807, 2.05) is 13.0 Å². The van der Waals surface area contributed by atoms with Crippen molar-refractivity contribution in [2.24, 2.45) is 0 Å². The van der Waals surface area contributed by atoms with Crippen molar-refractivity contribution < 1.29 is 27.4 Å². The topological polar surface area (TPSA) is 103 Å². The van der Waals surface area contributed by atoms with Crippen LogP contribution in [0.3, 0.4) is 0 Å². The van der Waals surface area contributed by atoms with Gasteiger partial charge in [0.2, 0.25) is 6.79 Å². The number of carbonyl (C=O) groups is 1. The van der Waals surface area contributed by atoms with Gasteiger partial charge in [-0.05, 0) is 66.6 Å². The van der Waals surface area contributed by atoms with Crippen molar-refractivity contribution in [3.8, 4) is 17.2 Å². The molecular formula is C23H21ClN2O6S. The Labute approximate surface area is 196 Å². The molecule has 1 amide bonds. The number of nitrogens with one attached hydrogen (secondary N) is 2. The number of hydrogen-bond donors (Lipinski definition) is 2. The molecule has 10 heteroatoms. The lowest BCUT2D eigenvalue weighted by molar-refractivity contribution is -0.123. The van der Waals surface area contributed by atoms with Gasteiger partial charge in [0.05, 0.1) is 10.6 Å². The maximum absolute atomic E-state index is 12.6. The zero-order valence-corrected chi connectivity index (χ0v) is 19.2. The van der Waals surface area contributed by atoms with E-state index in [4.69, 9.17) is 25.8 Å². The monoisotopic (exact) mass is 488 g/mol. The number of sulfonamides is 1. The third-order valence-corrected chi connectivity index (χ3v) is 6.66. The van der Waals surface area contributed by atoms with E-state index >= 15 is 0 Å². The molecule has 0 unspecified atom stereocenters. The van der Waals surface area contributed by atoms with Crippen LogP contribution in [-0.2, 0) is 21.4 Å². The second kappa shape index (κ2) is 9.60. The van der Waals surface area contributed by atoms with Gasteiger partial charge in [0.15, 0.2) is 18.1 Å². The number of hydrogen-bond acceptors (Lipinski definition) is 6. The molecule has 4 rings (SSSR count). The molecule has 3 aromatic rings. The predicted molar refractivity (Wildman–Crippen MR) is 123 cm³/mol. The number of benzene rings is 3. The predicted octanol–water partition coefficient (Wildman–Crippen LogP) is 3.87. The van der Waals surface area contributed by atoms with Gasteiger partial charge in [0.1, 0.15) is 5.75 Å². The van der Waals surface area contributed by atoms with Crippen molar-refractivity contribution >= 4 is 33.2 Å². The molecule has 0 atom stereocenters. The third-order valence-electron chi connectivity index (χ3n) is 4.85. The molecule has 1 aliphatic heterocycles. The van der Waals surface area contributed by atoms with Gasteiger partial charge in [-0.15, -0.1) is 0 Å². The number of ether oxygens (including phenoxy) is 3. The summed E-state index contributed by atoms with van der Waals surface area (Å²) < 4.78 is 43.7. The van der Waals surface area contributed by atoms with E-state index in [1.54, 1.807) is 30.3 Å². The highest BCUT2D eigenvalue weighted by Crippen LogP contribution is 2.32. The molecule has 0 aliphatic carbocycles. The summed E-state index contributed by atoms with van der Waals surface area (Å²) in [5, 5.41) is 3.22. The molecule has 3 aromatic carbocycles. The summed E-state index contributed by atoms with van der Waals surface area (Å²) in [6.07, 6.45) is 0. The van der Waals surface area contributed by atoms with Crippen molar-refractivity contribution in [2.45, 2.75) is 18.4 Å². The van der Waals surface area contributed by atoms with Crippen molar-refractivity contribution in [2.75, 3.05) is 18.1 Å². The Morgan fingerprint density at radius 2 is 1.79 bits per heavy atom. The molecule has 0 radical (unpaired) electrons. The number of amides is 1. The lowest BCUT2D eigenvalue weighted by Crippen LogP contribution is -2.28. The maximum Gasteiger partial charge on any atom is 0.261 e. The zero-order chi connectivity index (χ0) is 23.4. The van der Waals surface area contributed by atoms with Gasteiger partial charge in [-0.1, -0.05) is 23.7 Å². The Bertz CT molecular complexity index is 1280. The summed E-state index contributed by atoms with van der Waals surface area (Å²) in [6.45, 7) is 2.12. The number of carbonyl (C=O) groups excluding carboxylic acids is 1. The van der Waals surface area contributed by atoms with E-state index in [9.17, 15) is 13.2 Å². The Morgan fingerprint density at radius 3 is 2.55 bits per heavy atom. The van der Waals surface area contributed by atoms with Crippen LogP contribution in [0.15, 0.2) is 65.6 Å². The first-order valence-electron chi connectivity index (χ1n) is 9.97. The highest BCUT2D eigenvalue weighted by molar-refractivity contribution is 7.92. The minimum atomic E-state index is -3.80. The van der Waals surface area contributed by atoms with E-state index in [2.05, 4.69) is 10.0 Å². The van der Waals surface area contributed by atoms with E-state index in [-0.39, 0.29) is 24.2 Å². The standard InChI is InChI=1S/C23H21ClN2O6S/c1-15-2-4-17(11-20(15)24)26-33(28,29)19-7-5-18(6-8-19)30-13-23(27)25-12-16-3-9-21-22(10-16)32-14-31-21/h2-11,26H,12-14H2,1H3,(H,25,27). The molecule has 1 heterocycles. The molecule has 33 heavy (non-hydrogen) atoms. The van der Waals surface area contributed by atoms with Crippen LogP contribution in [0.25, 0.3) is 0 Å². The normalized spacial score (nSPS) is 12.3. The fraction of sp³-hybridized carbons (Fsp3) is 0.174. The quantitative estimate of drug-likeness (QED) is 0.499. The zero-order valence-electron chi connectivity index (χ0n) is 17.6. The summed E-state index contributed by atoms with van der Waals surface area (Å²) in [5.41, 5.74) is 2.08. The number of fused-ring (bicyclic) bond motifs is 1. The van der Waals surface area contributed by atoms with Gasteiger partial charge in [-0.25, -0.2) is 8.42 Å². The van der Waals surface area contributed by atoms with Crippen LogP contribution in [-0.4, -0.2) is 27.7 Å². The molecule has 8 nitrogen and oxygen atoms in total. The molecular weight excluding hydrogens is 468 g/mol. The lowest BCUT2D eigenvalue weighted by Gasteiger charge is -2.11. The first-order valence-corrected chi connectivity index (χ1v) is 11.8. The molecule has 0 saturated carbocycles. The number of halogens is 1. The number of rotatable bonds is 8. The third kappa shape index (κ3) is 5.68. The number of anilines is 1. The first kappa shape index (κ1) is 22.8. The Morgan fingerprint density at radius 1 is 1.03 bits per heavy atom. The van der Waals surface area contributed by atoms with Crippen molar-refractivity contribution in [3.05, 3.63) is 76.8 Å². The van der Waals surface area contributed by atoms with Gasteiger partial charge in [-0.3, -0.25) is 9.52 Å². The molecule has 0 aromatic heterocycles. The molecule has 0 spiro atoms. The summed E-state index contributed by atoms with van der Waals surface area (Å²) in [6, 6.07) is 16.1. The Hall–Kier alpha value is -3.43. The van der Waals surface area contributed by atoms with Crippen LogP contribution in [0.4, 0.5) is 5.69 Å². The smallest absolute Gasteiger partial charge is 0.261 e.